The number of nitrogens with one attached hydrogen (secondary N) is 1. The maximum atomic E-state index is 6.61. The maximum Gasteiger partial charge on any atom is 0.152 e. The monoisotopic (exact) mass is 138 g/mol. The summed E-state index contributed by atoms with van der Waals surface area (Å²) in [6.07, 6.45) is 0. The molecule has 1 aromatic heterocycles. The zero-order valence-corrected chi connectivity index (χ0v) is 6.13. The molecule has 1 N–H and O–H groups in total. The lowest BCUT2D eigenvalue weighted by molar-refractivity contribution is 0.586. The van der Waals surface area contributed by atoms with Gasteiger partial charge in [-0.2, -0.15) is 10.2 Å². The average molecular weight is 138 g/mol. The summed E-state index contributed by atoms with van der Waals surface area (Å²) in [5, 5.41) is 7.33. The standard InChI is InChI=1S/C6H10N4/c1-5-3-6(2)10(9-5)4-8-7/h3,7H,4H2,1-2H3. The Morgan fingerprint density at radius 2 is 2.40 bits per heavy atom. The van der Waals surface area contributed by atoms with E-state index in [0.29, 0.717) is 6.67 Å². The number of aromatic nitrogens is 2. The van der Waals surface area contributed by atoms with E-state index in [2.05, 4.69) is 10.2 Å². The van der Waals surface area contributed by atoms with Crippen LogP contribution in [0.4, 0.5) is 0 Å². The molecular formula is C6H10N4. The highest BCUT2D eigenvalue weighted by atomic mass is 15.3. The third kappa shape index (κ3) is 1.21. The third-order valence-corrected chi connectivity index (χ3v) is 1.31. The molecule has 1 rings (SSSR count). The van der Waals surface area contributed by atoms with Gasteiger partial charge in [-0.1, -0.05) is 0 Å². The highest BCUT2D eigenvalue weighted by Gasteiger charge is 1.97. The summed E-state index contributed by atoms with van der Waals surface area (Å²) in [6, 6.07) is 1.96. The molecule has 0 radical (unpaired) electrons. The van der Waals surface area contributed by atoms with Crippen LogP contribution in [0.3, 0.4) is 0 Å². The number of aryl methyl sites for hydroxylation is 2. The van der Waals surface area contributed by atoms with Crippen LogP contribution in [0.25, 0.3) is 0 Å². The van der Waals surface area contributed by atoms with E-state index in [1.807, 2.05) is 19.9 Å². The Balaban J connectivity index is 2.91. The van der Waals surface area contributed by atoms with Gasteiger partial charge in [-0.25, -0.2) is 10.2 Å². The molecule has 0 saturated heterocycles. The van der Waals surface area contributed by atoms with Gasteiger partial charge in [0.1, 0.15) is 0 Å². The highest BCUT2D eigenvalue weighted by Crippen LogP contribution is 2.00. The summed E-state index contributed by atoms with van der Waals surface area (Å²) in [6.45, 7) is 4.21. The third-order valence-electron chi connectivity index (χ3n) is 1.31. The average Bonchev–Trinajstić information content (AvgIpc) is 2.13. The van der Waals surface area contributed by atoms with Gasteiger partial charge in [-0.3, -0.25) is 0 Å². The minimum absolute atomic E-state index is 0.333. The molecule has 0 fully saturated rings. The largest absolute Gasteiger partial charge is 0.246 e. The van der Waals surface area contributed by atoms with Crippen LogP contribution in [0.5, 0.6) is 0 Å². The van der Waals surface area contributed by atoms with Gasteiger partial charge in [0.2, 0.25) is 0 Å². The van der Waals surface area contributed by atoms with Crippen LogP contribution in [0, 0.1) is 19.4 Å². The minimum atomic E-state index is 0.333. The molecule has 0 bridgehead atoms. The van der Waals surface area contributed by atoms with Gasteiger partial charge in [0.15, 0.2) is 6.67 Å². The molecule has 0 spiro atoms. The molecule has 4 nitrogen and oxygen atoms in total. The van der Waals surface area contributed by atoms with E-state index >= 15 is 0 Å². The molecule has 1 aromatic rings. The van der Waals surface area contributed by atoms with E-state index in [9.17, 15) is 0 Å². The summed E-state index contributed by atoms with van der Waals surface area (Å²) in [7, 11) is 0. The van der Waals surface area contributed by atoms with Crippen molar-refractivity contribution in [1.29, 1.82) is 5.53 Å². The van der Waals surface area contributed by atoms with E-state index in [0.717, 1.165) is 11.4 Å². The van der Waals surface area contributed by atoms with Crippen LogP contribution in [-0.4, -0.2) is 9.78 Å². The normalized spacial score (nSPS) is 9.80. The van der Waals surface area contributed by atoms with E-state index in [1.165, 1.54) is 0 Å². The molecule has 1 heterocycles. The van der Waals surface area contributed by atoms with Crippen molar-refractivity contribution in [1.82, 2.24) is 9.78 Å². The minimum Gasteiger partial charge on any atom is -0.246 e. The molecule has 0 amide bonds. The Morgan fingerprint density at radius 3 is 2.80 bits per heavy atom. The van der Waals surface area contributed by atoms with E-state index in [4.69, 9.17) is 5.53 Å². The van der Waals surface area contributed by atoms with Gasteiger partial charge < -0.3 is 0 Å². The molecule has 10 heavy (non-hydrogen) atoms. The molecule has 54 valence electrons. The summed E-state index contributed by atoms with van der Waals surface area (Å²) in [4.78, 5) is 0. The Hall–Kier alpha value is -1.19. The lowest BCUT2D eigenvalue weighted by atomic mass is 10.4. The second-order valence-electron chi connectivity index (χ2n) is 2.23. The number of nitrogens with zero attached hydrogens (tertiary/aromatic N) is 3. The van der Waals surface area contributed by atoms with E-state index < -0.39 is 0 Å². The first-order chi connectivity index (χ1) is 4.74. The lowest BCUT2D eigenvalue weighted by Gasteiger charge is -1.94. The molecule has 0 aliphatic heterocycles. The SMILES string of the molecule is Cc1cc(C)n(CN=N)n1. The fraction of sp³-hybridized carbons (Fsp3) is 0.500. The fourth-order valence-electron chi connectivity index (χ4n) is 0.885. The Labute approximate surface area is 59.4 Å². The summed E-state index contributed by atoms with van der Waals surface area (Å²) in [5.41, 5.74) is 8.63. The van der Waals surface area contributed by atoms with Gasteiger partial charge >= 0.3 is 0 Å². The van der Waals surface area contributed by atoms with Gasteiger partial charge in [-0.15, -0.1) is 0 Å². The molecule has 0 atom stereocenters. The first-order valence-corrected chi connectivity index (χ1v) is 3.08. The molecule has 0 unspecified atom stereocenters. The Bertz CT molecular complexity index is 238. The van der Waals surface area contributed by atoms with Gasteiger partial charge in [0, 0.05) is 5.69 Å². The number of hydrogen-bond donors (Lipinski definition) is 1. The van der Waals surface area contributed by atoms with Gasteiger partial charge in [-0.05, 0) is 19.9 Å². The topological polar surface area (TPSA) is 54.0 Å². The number of hydrogen-bond acceptors (Lipinski definition) is 3. The maximum absolute atomic E-state index is 6.61. The smallest absolute Gasteiger partial charge is 0.152 e. The first kappa shape index (κ1) is 6.92. The molecule has 0 aliphatic rings. The van der Waals surface area contributed by atoms with Crippen LogP contribution in [-0.2, 0) is 6.67 Å². The van der Waals surface area contributed by atoms with Crippen molar-refractivity contribution in [3.63, 3.8) is 0 Å². The van der Waals surface area contributed by atoms with Crippen LogP contribution >= 0.6 is 0 Å². The highest BCUT2D eigenvalue weighted by molar-refractivity contribution is 5.06. The second-order valence-corrected chi connectivity index (χ2v) is 2.23. The first-order valence-electron chi connectivity index (χ1n) is 3.08. The van der Waals surface area contributed by atoms with Crippen LogP contribution in [0.1, 0.15) is 11.4 Å². The van der Waals surface area contributed by atoms with Crippen molar-refractivity contribution in [2.45, 2.75) is 20.5 Å². The van der Waals surface area contributed by atoms with Crippen LogP contribution in [0.15, 0.2) is 11.2 Å². The summed E-state index contributed by atoms with van der Waals surface area (Å²) in [5.74, 6) is 0. The van der Waals surface area contributed by atoms with Crippen molar-refractivity contribution in [2.75, 3.05) is 0 Å². The fourth-order valence-corrected chi connectivity index (χ4v) is 0.885. The Morgan fingerprint density at radius 1 is 1.70 bits per heavy atom. The number of rotatable bonds is 2. The predicted octanol–water partition coefficient (Wildman–Crippen LogP) is 1.49. The van der Waals surface area contributed by atoms with Crippen molar-refractivity contribution in [2.24, 2.45) is 5.11 Å². The van der Waals surface area contributed by atoms with Crippen LogP contribution < -0.4 is 0 Å². The lowest BCUT2D eigenvalue weighted by Crippen LogP contribution is -1.98. The zero-order chi connectivity index (χ0) is 7.56. The quantitative estimate of drug-likeness (QED) is 0.618. The predicted molar refractivity (Wildman–Crippen MR) is 36.8 cm³/mol. The van der Waals surface area contributed by atoms with Crippen molar-refractivity contribution < 1.29 is 0 Å². The zero-order valence-electron chi connectivity index (χ0n) is 6.13. The van der Waals surface area contributed by atoms with E-state index in [1.54, 1.807) is 4.68 Å². The Kier molecular flexibility index (Phi) is 1.80. The van der Waals surface area contributed by atoms with Crippen molar-refractivity contribution >= 4 is 0 Å². The van der Waals surface area contributed by atoms with E-state index in [-0.39, 0.29) is 0 Å². The van der Waals surface area contributed by atoms with Crippen molar-refractivity contribution in [3.8, 4) is 0 Å². The molecule has 0 aliphatic carbocycles. The van der Waals surface area contributed by atoms with Crippen molar-refractivity contribution in [3.05, 3.63) is 17.5 Å². The molecule has 0 saturated carbocycles. The summed E-state index contributed by atoms with van der Waals surface area (Å²) >= 11 is 0. The van der Waals surface area contributed by atoms with Crippen LogP contribution in [0.2, 0.25) is 0 Å². The summed E-state index contributed by atoms with van der Waals surface area (Å²) < 4.78 is 1.70. The molecular weight excluding hydrogens is 128 g/mol. The van der Waals surface area contributed by atoms with Gasteiger partial charge in [0.05, 0.1) is 5.69 Å². The molecule has 0 aromatic carbocycles. The second kappa shape index (κ2) is 2.60. The molecule has 4 heteroatoms. The van der Waals surface area contributed by atoms with Gasteiger partial charge in [0.25, 0.3) is 0 Å².